The fourth-order valence-electron chi connectivity index (χ4n) is 6.08. The number of nitrogens with one attached hydrogen (secondary N) is 1. The lowest BCUT2D eigenvalue weighted by atomic mass is 9.55. The summed E-state index contributed by atoms with van der Waals surface area (Å²) in [5.41, 5.74) is 4.04. The largest absolute Gasteiger partial charge is 0.468 e. The molecular formula is C23H26N2O4. The van der Waals surface area contributed by atoms with Crippen LogP contribution in [0.1, 0.15) is 37.6 Å². The summed E-state index contributed by atoms with van der Waals surface area (Å²) in [6.07, 6.45) is 3.66. The van der Waals surface area contributed by atoms with Crippen LogP contribution in [0.25, 0.3) is 10.9 Å². The van der Waals surface area contributed by atoms with Crippen LogP contribution < -0.4 is 0 Å². The van der Waals surface area contributed by atoms with Gasteiger partial charge in [0.05, 0.1) is 13.2 Å². The second kappa shape index (κ2) is 6.46. The third kappa shape index (κ3) is 2.38. The van der Waals surface area contributed by atoms with E-state index in [1.54, 1.807) is 0 Å². The van der Waals surface area contributed by atoms with Gasteiger partial charge in [0.25, 0.3) is 0 Å². The fourth-order valence-corrected chi connectivity index (χ4v) is 6.08. The van der Waals surface area contributed by atoms with E-state index in [4.69, 9.17) is 9.47 Å². The van der Waals surface area contributed by atoms with Crippen LogP contribution >= 0.6 is 0 Å². The molecule has 5 atom stereocenters. The Morgan fingerprint density at radius 2 is 2.14 bits per heavy atom. The van der Waals surface area contributed by atoms with Gasteiger partial charge in [-0.25, -0.2) is 0 Å². The van der Waals surface area contributed by atoms with E-state index in [0.717, 1.165) is 24.9 Å². The van der Waals surface area contributed by atoms with Crippen molar-refractivity contribution in [3.05, 3.63) is 47.2 Å². The summed E-state index contributed by atoms with van der Waals surface area (Å²) in [7, 11) is 1.43. The highest BCUT2D eigenvalue weighted by Crippen LogP contribution is 2.59. The number of allylic oxidation sites excluding steroid dienone is 1. The van der Waals surface area contributed by atoms with E-state index in [0.29, 0.717) is 0 Å². The van der Waals surface area contributed by atoms with E-state index < -0.39 is 5.41 Å². The molecule has 5 heterocycles. The van der Waals surface area contributed by atoms with Gasteiger partial charge < -0.3 is 14.5 Å². The van der Waals surface area contributed by atoms with E-state index >= 15 is 0 Å². The molecule has 3 fully saturated rings. The maximum absolute atomic E-state index is 13.3. The van der Waals surface area contributed by atoms with Gasteiger partial charge in [-0.15, -0.1) is 0 Å². The SMILES string of the molecule is C/C=C1/CN2[C@H]3Cc4c([nH]c5ccccc45)[C@@H]2C[C@@H]1[C@@]3(COC(C)=O)C(=O)OC. The number of aromatic nitrogens is 1. The molecule has 4 aliphatic heterocycles. The Bertz CT molecular complexity index is 1040. The molecule has 3 saturated heterocycles. The molecule has 1 aromatic carbocycles. The molecule has 1 N–H and O–H groups in total. The van der Waals surface area contributed by atoms with Gasteiger partial charge in [0.1, 0.15) is 12.0 Å². The van der Waals surface area contributed by atoms with Gasteiger partial charge in [-0.2, -0.15) is 0 Å². The quantitative estimate of drug-likeness (QED) is 0.640. The number of carbonyl (C=O) groups excluding carboxylic acids is 2. The Balaban J connectivity index is 1.69. The number of para-hydroxylation sites is 1. The second-order valence-electron chi connectivity index (χ2n) is 8.43. The molecule has 2 aromatic rings. The van der Waals surface area contributed by atoms with Crippen LogP contribution in [0.3, 0.4) is 0 Å². The van der Waals surface area contributed by atoms with Crippen LogP contribution in [0.15, 0.2) is 35.9 Å². The smallest absolute Gasteiger partial charge is 0.317 e. The van der Waals surface area contributed by atoms with Crippen molar-refractivity contribution in [3.63, 3.8) is 0 Å². The Morgan fingerprint density at radius 3 is 2.86 bits per heavy atom. The van der Waals surface area contributed by atoms with Gasteiger partial charge in [0.2, 0.25) is 0 Å². The van der Waals surface area contributed by atoms with Crippen LogP contribution in [-0.2, 0) is 25.5 Å². The molecule has 4 bridgehead atoms. The van der Waals surface area contributed by atoms with Gasteiger partial charge in [0, 0.05) is 42.0 Å². The van der Waals surface area contributed by atoms with Crippen molar-refractivity contribution in [3.8, 4) is 0 Å². The summed E-state index contributed by atoms with van der Waals surface area (Å²) in [4.78, 5) is 31.1. The van der Waals surface area contributed by atoms with Gasteiger partial charge in [-0.1, -0.05) is 29.8 Å². The first-order valence-corrected chi connectivity index (χ1v) is 10.2. The minimum atomic E-state index is -0.882. The van der Waals surface area contributed by atoms with E-state index in [1.165, 1.54) is 36.3 Å². The Morgan fingerprint density at radius 1 is 1.34 bits per heavy atom. The van der Waals surface area contributed by atoms with Crippen molar-refractivity contribution < 1.29 is 19.1 Å². The van der Waals surface area contributed by atoms with Crippen molar-refractivity contribution in [2.75, 3.05) is 20.3 Å². The lowest BCUT2D eigenvalue weighted by molar-refractivity contribution is -0.188. The lowest BCUT2D eigenvalue weighted by Crippen LogP contribution is -2.70. The van der Waals surface area contributed by atoms with Gasteiger partial charge >= 0.3 is 11.9 Å². The molecule has 0 saturated carbocycles. The molecule has 0 aliphatic carbocycles. The zero-order valence-electron chi connectivity index (χ0n) is 17.0. The molecule has 152 valence electrons. The zero-order chi connectivity index (χ0) is 20.3. The number of esters is 2. The zero-order valence-corrected chi connectivity index (χ0v) is 17.0. The number of benzene rings is 1. The number of aromatic amines is 1. The molecule has 29 heavy (non-hydrogen) atoms. The molecule has 0 spiro atoms. The molecule has 4 aliphatic rings. The number of hydrogen-bond donors (Lipinski definition) is 1. The predicted octanol–water partition coefficient (Wildman–Crippen LogP) is 3.14. The third-order valence-electron chi connectivity index (χ3n) is 7.32. The predicted molar refractivity (Wildman–Crippen MR) is 108 cm³/mol. The van der Waals surface area contributed by atoms with E-state index in [1.807, 2.05) is 13.0 Å². The minimum absolute atomic E-state index is 0.00105. The van der Waals surface area contributed by atoms with Crippen LogP contribution in [0.2, 0.25) is 0 Å². The molecule has 6 nitrogen and oxygen atoms in total. The summed E-state index contributed by atoms with van der Waals surface area (Å²) in [6, 6.07) is 8.52. The van der Waals surface area contributed by atoms with Crippen molar-refractivity contribution in [2.45, 2.75) is 38.8 Å². The van der Waals surface area contributed by atoms with E-state index in [2.05, 4.69) is 34.2 Å². The molecular weight excluding hydrogens is 368 g/mol. The summed E-state index contributed by atoms with van der Waals surface area (Å²) >= 11 is 0. The maximum atomic E-state index is 13.3. The van der Waals surface area contributed by atoms with Crippen LogP contribution in [0, 0.1) is 11.3 Å². The Hall–Kier alpha value is -2.60. The average Bonchev–Trinajstić information content (AvgIpc) is 3.11. The van der Waals surface area contributed by atoms with Gasteiger partial charge in [-0.3, -0.25) is 14.5 Å². The average molecular weight is 394 g/mol. The number of methoxy groups -OCH3 is 1. The van der Waals surface area contributed by atoms with Crippen LogP contribution in [0.4, 0.5) is 0 Å². The number of fused-ring (bicyclic) bond motifs is 4. The minimum Gasteiger partial charge on any atom is -0.468 e. The summed E-state index contributed by atoms with van der Waals surface area (Å²) < 4.78 is 10.8. The first kappa shape index (κ1) is 18.4. The molecule has 6 heteroatoms. The molecule has 6 rings (SSSR count). The summed E-state index contributed by atoms with van der Waals surface area (Å²) in [5, 5.41) is 1.22. The van der Waals surface area contributed by atoms with Crippen molar-refractivity contribution in [1.82, 2.24) is 9.88 Å². The number of ether oxygens (including phenoxy) is 2. The number of piperidine rings is 3. The van der Waals surface area contributed by atoms with Crippen LogP contribution in [-0.4, -0.2) is 48.1 Å². The second-order valence-corrected chi connectivity index (χ2v) is 8.43. The van der Waals surface area contributed by atoms with Crippen molar-refractivity contribution >= 4 is 22.8 Å². The maximum Gasteiger partial charge on any atom is 0.317 e. The fraction of sp³-hybridized carbons (Fsp3) is 0.478. The number of hydrogen-bond acceptors (Lipinski definition) is 5. The van der Waals surface area contributed by atoms with E-state index in [-0.39, 0.29) is 36.5 Å². The third-order valence-corrected chi connectivity index (χ3v) is 7.32. The van der Waals surface area contributed by atoms with Crippen LogP contribution in [0.5, 0.6) is 0 Å². The van der Waals surface area contributed by atoms with Gasteiger partial charge in [0.15, 0.2) is 0 Å². The number of rotatable bonds is 3. The summed E-state index contributed by atoms with van der Waals surface area (Å²) in [5.74, 6) is -0.648. The summed E-state index contributed by atoms with van der Waals surface area (Å²) in [6.45, 7) is 4.31. The highest BCUT2D eigenvalue weighted by molar-refractivity contribution is 5.86. The first-order chi connectivity index (χ1) is 14.0. The number of H-pyrrole nitrogens is 1. The molecule has 1 unspecified atom stereocenters. The molecule has 0 radical (unpaired) electrons. The molecule has 1 aromatic heterocycles. The standard InChI is InChI=1S/C23H26N2O4/c1-4-14-11-25-19-10-17(14)23(22(27)28-3,12-29-13(2)26)20(25)9-16-15-7-5-6-8-18(15)24-21(16)19/h4-8,17,19-20,24H,9-12H2,1-3H3/b14-4-/t17-,19-,20-,23+/m0/s1. The molecule has 0 amide bonds. The Kier molecular flexibility index (Phi) is 4.10. The van der Waals surface area contributed by atoms with Crippen molar-refractivity contribution in [1.29, 1.82) is 0 Å². The number of carbonyl (C=O) groups is 2. The highest BCUT2D eigenvalue weighted by Gasteiger charge is 2.65. The first-order valence-electron chi connectivity index (χ1n) is 10.2. The highest BCUT2D eigenvalue weighted by atomic mass is 16.5. The van der Waals surface area contributed by atoms with Crippen molar-refractivity contribution in [2.24, 2.45) is 11.3 Å². The lowest BCUT2D eigenvalue weighted by Gasteiger charge is -2.62. The topological polar surface area (TPSA) is 71.6 Å². The Labute approximate surface area is 169 Å². The normalized spacial score (nSPS) is 33.6. The van der Waals surface area contributed by atoms with Gasteiger partial charge in [-0.05, 0) is 31.4 Å². The monoisotopic (exact) mass is 394 g/mol. The van der Waals surface area contributed by atoms with E-state index in [9.17, 15) is 9.59 Å². The number of nitrogens with zero attached hydrogens (tertiary/aromatic N) is 1.